The van der Waals surface area contributed by atoms with Crippen LogP contribution >= 0.6 is 11.6 Å². The highest BCUT2D eigenvalue weighted by atomic mass is 35.5. The van der Waals surface area contributed by atoms with E-state index in [1.54, 1.807) is 24.3 Å². The Morgan fingerprint density at radius 1 is 1.00 bits per heavy atom. The molecule has 0 aromatic heterocycles. The number of halogens is 1. The molecule has 1 saturated heterocycles. The van der Waals surface area contributed by atoms with Gasteiger partial charge in [0.1, 0.15) is 17.3 Å². The van der Waals surface area contributed by atoms with Crippen LogP contribution < -0.4 is 10.1 Å². The van der Waals surface area contributed by atoms with E-state index in [1.807, 2.05) is 36.1 Å². The molecule has 1 atom stereocenters. The number of fused-ring (bicyclic) bond motifs is 2. The lowest BCUT2D eigenvalue weighted by Gasteiger charge is -2.41. The minimum Gasteiger partial charge on any atom is -0.454 e. The lowest BCUT2D eigenvalue weighted by molar-refractivity contribution is 0.145. The molecule has 2 heterocycles. The number of ether oxygens (including phenoxy) is 1. The lowest BCUT2D eigenvalue weighted by atomic mass is 10.1. The molecular weight excluding hydrogens is 448 g/mol. The van der Waals surface area contributed by atoms with Gasteiger partial charge in [0.15, 0.2) is 5.75 Å². The summed E-state index contributed by atoms with van der Waals surface area (Å²) in [7, 11) is 0. The van der Waals surface area contributed by atoms with E-state index in [0.717, 1.165) is 45.4 Å². The number of nitrogens with zero attached hydrogens (tertiary/aromatic N) is 3. The summed E-state index contributed by atoms with van der Waals surface area (Å²) in [5.41, 5.74) is 4.78. The van der Waals surface area contributed by atoms with Crippen LogP contribution in [0.1, 0.15) is 23.6 Å². The molecule has 1 fully saturated rings. The summed E-state index contributed by atoms with van der Waals surface area (Å²) in [5.74, 6) is 2.43. The van der Waals surface area contributed by atoms with E-state index in [2.05, 4.69) is 36.2 Å². The fourth-order valence-electron chi connectivity index (χ4n) is 4.42. The third-order valence-corrected chi connectivity index (χ3v) is 6.47. The number of aliphatic imine (C=N–C) groups is 1. The Balaban J connectivity index is 1.40. The molecule has 0 radical (unpaired) electrons. The second-order valence-corrected chi connectivity index (χ2v) is 9.37. The second kappa shape index (κ2) is 9.03. The van der Waals surface area contributed by atoms with Gasteiger partial charge in [-0.05, 0) is 74.9 Å². The number of anilines is 1. The first-order valence-corrected chi connectivity index (χ1v) is 11.8. The maximum atomic E-state index is 13.0. The number of rotatable bonds is 1. The predicted molar refractivity (Wildman–Crippen MR) is 137 cm³/mol. The van der Waals surface area contributed by atoms with Crippen molar-refractivity contribution < 1.29 is 9.53 Å². The molecule has 2 aliphatic heterocycles. The van der Waals surface area contributed by atoms with E-state index in [9.17, 15) is 4.79 Å². The molecule has 0 unspecified atom stereocenters. The Hall–Kier alpha value is -3.51. The fourth-order valence-corrected chi connectivity index (χ4v) is 4.54. The highest BCUT2D eigenvalue weighted by Gasteiger charge is 2.31. The zero-order valence-electron chi connectivity index (χ0n) is 19.5. The van der Waals surface area contributed by atoms with Crippen molar-refractivity contribution in [2.75, 3.05) is 25.0 Å². The van der Waals surface area contributed by atoms with E-state index in [4.69, 9.17) is 21.3 Å². The van der Waals surface area contributed by atoms with Crippen molar-refractivity contribution in [1.82, 2.24) is 9.80 Å². The van der Waals surface area contributed by atoms with Crippen molar-refractivity contribution in [3.05, 3.63) is 82.4 Å². The Labute approximate surface area is 204 Å². The monoisotopic (exact) mass is 474 g/mol. The fraction of sp³-hybridized carbons (Fsp3) is 0.259. The van der Waals surface area contributed by atoms with Gasteiger partial charge in [0, 0.05) is 36.4 Å². The van der Waals surface area contributed by atoms with E-state index in [0.29, 0.717) is 24.7 Å². The number of benzene rings is 3. The van der Waals surface area contributed by atoms with E-state index in [1.165, 1.54) is 0 Å². The van der Waals surface area contributed by atoms with Gasteiger partial charge < -0.3 is 19.9 Å². The standard InChI is InChI=1S/C27H27ClN4O2/c1-17-5-11-24-22(14-17)26(30-23-10-4-18(2)15-25(23)34-24)31-12-13-32(19(3)16-31)27(33)29-21-8-6-20(28)7-9-21/h4-11,14-15,19H,12-13,16H2,1-3H3,(H,29,33)/t19-/m0/s1. The molecule has 2 aliphatic rings. The Morgan fingerprint density at radius 2 is 1.74 bits per heavy atom. The molecule has 6 nitrogen and oxygen atoms in total. The molecule has 2 amide bonds. The maximum absolute atomic E-state index is 13.0. The number of nitrogens with one attached hydrogen (secondary N) is 1. The van der Waals surface area contributed by atoms with Gasteiger partial charge >= 0.3 is 6.03 Å². The number of amidine groups is 1. The zero-order valence-corrected chi connectivity index (χ0v) is 20.3. The quantitative estimate of drug-likeness (QED) is 0.445. The van der Waals surface area contributed by atoms with Gasteiger partial charge in [-0.15, -0.1) is 0 Å². The van der Waals surface area contributed by atoms with E-state index in [-0.39, 0.29) is 12.1 Å². The number of aryl methyl sites for hydroxylation is 2. The SMILES string of the molecule is Cc1ccc2c(c1)Oc1ccc(C)cc1C(N1CCN(C(=O)Nc3ccc(Cl)cc3)[C@@H](C)C1)=N2. The summed E-state index contributed by atoms with van der Waals surface area (Å²) in [4.78, 5) is 22.1. The Kier molecular flexibility index (Phi) is 5.92. The molecule has 0 saturated carbocycles. The number of urea groups is 1. The number of carbonyl (C=O) groups excluding carboxylic acids is 1. The molecule has 5 rings (SSSR count). The molecule has 0 spiro atoms. The van der Waals surface area contributed by atoms with Crippen LogP contribution in [0.4, 0.5) is 16.2 Å². The van der Waals surface area contributed by atoms with Crippen molar-refractivity contribution in [1.29, 1.82) is 0 Å². The van der Waals surface area contributed by atoms with Crippen molar-refractivity contribution in [2.24, 2.45) is 4.99 Å². The van der Waals surface area contributed by atoms with Crippen molar-refractivity contribution in [3.63, 3.8) is 0 Å². The van der Waals surface area contributed by atoms with Crippen LogP contribution in [0.5, 0.6) is 11.5 Å². The minimum absolute atomic E-state index is 0.00123. The lowest BCUT2D eigenvalue weighted by Crippen LogP contribution is -2.56. The molecule has 0 aliphatic carbocycles. The van der Waals surface area contributed by atoms with Gasteiger partial charge in [0.05, 0.1) is 5.56 Å². The summed E-state index contributed by atoms with van der Waals surface area (Å²) in [6.45, 7) is 8.11. The molecule has 7 heteroatoms. The summed E-state index contributed by atoms with van der Waals surface area (Å²) >= 11 is 5.96. The first-order valence-electron chi connectivity index (χ1n) is 11.4. The largest absolute Gasteiger partial charge is 0.454 e. The Bertz CT molecular complexity index is 1270. The first kappa shape index (κ1) is 22.3. The number of piperazine rings is 1. The van der Waals surface area contributed by atoms with Gasteiger partial charge in [-0.1, -0.05) is 29.3 Å². The average Bonchev–Trinajstić information content (AvgIpc) is 2.96. The van der Waals surface area contributed by atoms with Crippen molar-refractivity contribution in [3.8, 4) is 11.5 Å². The first-order chi connectivity index (χ1) is 16.4. The smallest absolute Gasteiger partial charge is 0.322 e. The number of carbonyl (C=O) groups is 1. The van der Waals surface area contributed by atoms with Crippen LogP contribution in [0.3, 0.4) is 0 Å². The van der Waals surface area contributed by atoms with Crippen LogP contribution in [0.25, 0.3) is 0 Å². The summed E-state index contributed by atoms with van der Waals surface area (Å²) in [6.07, 6.45) is 0. The van der Waals surface area contributed by atoms with Gasteiger partial charge in [0.25, 0.3) is 0 Å². The normalized spacial score (nSPS) is 17.2. The highest BCUT2D eigenvalue weighted by molar-refractivity contribution is 6.30. The third-order valence-electron chi connectivity index (χ3n) is 6.22. The molecule has 174 valence electrons. The number of hydrogen-bond donors (Lipinski definition) is 1. The minimum atomic E-state index is -0.113. The number of hydrogen-bond acceptors (Lipinski definition) is 4. The molecule has 3 aromatic carbocycles. The summed E-state index contributed by atoms with van der Waals surface area (Å²) in [5, 5.41) is 3.61. The maximum Gasteiger partial charge on any atom is 0.322 e. The zero-order chi connectivity index (χ0) is 23.8. The third kappa shape index (κ3) is 4.46. The Morgan fingerprint density at radius 3 is 2.50 bits per heavy atom. The van der Waals surface area contributed by atoms with E-state index < -0.39 is 0 Å². The van der Waals surface area contributed by atoms with Gasteiger partial charge in [-0.2, -0.15) is 0 Å². The molecule has 3 aromatic rings. The van der Waals surface area contributed by atoms with Crippen molar-refractivity contribution >= 4 is 34.8 Å². The number of amides is 2. The molecular formula is C27H27ClN4O2. The van der Waals surface area contributed by atoms with Crippen LogP contribution in [-0.4, -0.2) is 47.3 Å². The van der Waals surface area contributed by atoms with Crippen LogP contribution in [-0.2, 0) is 0 Å². The molecule has 1 N–H and O–H groups in total. The second-order valence-electron chi connectivity index (χ2n) is 8.93. The van der Waals surface area contributed by atoms with Gasteiger partial charge in [0.2, 0.25) is 0 Å². The van der Waals surface area contributed by atoms with Gasteiger partial charge in [-0.25, -0.2) is 9.79 Å². The van der Waals surface area contributed by atoms with Crippen LogP contribution in [0, 0.1) is 13.8 Å². The predicted octanol–water partition coefficient (Wildman–Crippen LogP) is 6.38. The van der Waals surface area contributed by atoms with Crippen molar-refractivity contribution in [2.45, 2.75) is 26.8 Å². The van der Waals surface area contributed by atoms with Gasteiger partial charge in [-0.3, -0.25) is 0 Å². The molecule has 0 bridgehead atoms. The van der Waals surface area contributed by atoms with Crippen LogP contribution in [0.15, 0.2) is 65.7 Å². The topological polar surface area (TPSA) is 57.2 Å². The summed E-state index contributed by atoms with van der Waals surface area (Å²) < 4.78 is 6.30. The molecule has 34 heavy (non-hydrogen) atoms. The van der Waals surface area contributed by atoms with Crippen LogP contribution in [0.2, 0.25) is 5.02 Å². The van der Waals surface area contributed by atoms with E-state index >= 15 is 0 Å². The average molecular weight is 475 g/mol. The highest BCUT2D eigenvalue weighted by Crippen LogP contribution is 2.39. The summed E-state index contributed by atoms with van der Waals surface area (Å²) in [6, 6.07) is 19.3.